The molecule has 0 N–H and O–H groups in total. The number of aryl methyl sites for hydroxylation is 1. The van der Waals surface area contributed by atoms with Crippen LogP contribution in [0.4, 0.5) is 0 Å². The van der Waals surface area contributed by atoms with Crippen molar-refractivity contribution in [1.82, 2.24) is 0 Å². The SMILES string of the molecule is Cc1ccc(C2=CCC([Te]c3ccccc3)C2)cc1. The zero-order chi connectivity index (χ0) is 13.1. The van der Waals surface area contributed by atoms with Gasteiger partial charge in [-0.2, -0.15) is 0 Å². The maximum absolute atomic E-state index is 2.46. The molecule has 1 aliphatic rings. The number of allylic oxidation sites excluding steroid dienone is 2. The Bertz CT molecular complexity index is 566. The van der Waals surface area contributed by atoms with E-state index in [9.17, 15) is 0 Å². The molecule has 1 unspecified atom stereocenters. The molecule has 0 saturated carbocycles. The van der Waals surface area contributed by atoms with Gasteiger partial charge in [0.25, 0.3) is 0 Å². The Labute approximate surface area is 125 Å². The van der Waals surface area contributed by atoms with Crippen molar-refractivity contribution in [2.24, 2.45) is 0 Å². The monoisotopic (exact) mass is 364 g/mol. The number of hydrogen-bond acceptors (Lipinski definition) is 0. The van der Waals surface area contributed by atoms with Crippen LogP contribution in [0.25, 0.3) is 5.57 Å². The normalized spacial score (nSPS) is 18.4. The van der Waals surface area contributed by atoms with Crippen LogP contribution in [0.15, 0.2) is 60.7 Å². The predicted molar refractivity (Wildman–Crippen MR) is 84.0 cm³/mol. The number of benzene rings is 2. The van der Waals surface area contributed by atoms with E-state index < -0.39 is 0 Å². The minimum atomic E-state index is -0.0463. The van der Waals surface area contributed by atoms with Gasteiger partial charge in [-0.3, -0.25) is 0 Å². The Hall–Kier alpha value is -1.03. The van der Waals surface area contributed by atoms with Crippen LogP contribution >= 0.6 is 0 Å². The van der Waals surface area contributed by atoms with E-state index in [4.69, 9.17) is 0 Å². The molecule has 0 saturated heterocycles. The maximum atomic E-state index is 2.46. The third-order valence-electron chi connectivity index (χ3n) is 3.54. The first-order valence-electron chi connectivity index (χ1n) is 6.79. The van der Waals surface area contributed by atoms with Crippen molar-refractivity contribution in [3.8, 4) is 0 Å². The summed E-state index contributed by atoms with van der Waals surface area (Å²) in [5.41, 5.74) is 4.33. The predicted octanol–water partition coefficient (Wildman–Crippen LogP) is 3.99. The van der Waals surface area contributed by atoms with Gasteiger partial charge in [0.05, 0.1) is 0 Å². The molecule has 0 nitrogen and oxygen atoms in total. The Morgan fingerprint density at radius 1 is 0.947 bits per heavy atom. The second-order valence-electron chi connectivity index (χ2n) is 5.09. The van der Waals surface area contributed by atoms with Crippen molar-refractivity contribution < 1.29 is 0 Å². The fourth-order valence-corrected chi connectivity index (χ4v) is 5.77. The molecular formula is C18H18Te. The molecule has 1 atom stereocenters. The zero-order valence-corrected chi connectivity index (χ0v) is 13.5. The molecule has 0 heterocycles. The van der Waals surface area contributed by atoms with Gasteiger partial charge in [-0.15, -0.1) is 0 Å². The van der Waals surface area contributed by atoms with Crippen LogP contribution in [0.1, 0.15) is 24.0 Å². The average molecular weight is 362 g/mol. The second-order valence-corrected chi connectivity index (χ2v) is 9.01. The summed E-state index contributed by atoms with van der Waals surface area (Å²) in [4.78, 5) is 0. The van der Waals surface area contributed by atoms with Crippen LogP contribution in [-0.4, -0.2) is 20.9 Å². The van der Waals surface area contributed by atoms with Crippen molar-refractivity contribution in [3.63, 3.8) is 0 Å². The first-order valence-corrected chi connectivity index (χ1v) is 9.30. The van der Waals surface area contributed by atoms with E-state index in [0.717, 1.165) is 3.97 Å². The molecule has 2 aromatic carbocycles. The van der Waals surface area contributed by atoms with Gasteiger partial charge >= 0.3 is 126 Å². The van der Waals surface area contributed by atoms with Gasteiger partial charge in [-0.1, -0.05) is 0 Å². The van der Waals surface area contributed by atoms with Gasteiger partial charge in [-0.05, 0) is 0 Å². The molecule has 0 amide bonds. The van der Waals surface area contributed by atoms with E-state index in [-0.39, 0.29) is 20.9 Å². The van der Waals surface area contributed by atoms with Gasteiger partial charge in [0.2, 0.25) is 0 Å². The Morgan fingerprint density at radius 3 is 2.42 bits per heavy atom. The van der Waals surface area contributed by atoms with Crippen molar-refractivity contribution in [3.05, 3.63) is 71.8 Å². The topological polar surface area (TPSA) is 0 Å². The van der Waals surface area contributed by atoms with Crippen LogP contribution in [0.2, 0.25) is 3.97 Å². The Kier molecular flexibility index (Phi) is 4.06. The molecule has 0 aromatic heterocycles. The fraction of sp³-hybridized carbons (Fsp3) is 0.222. The van der Waals surface area contributed by atoms with E-state index in [1.165, 1.54) is 24.0 Å². The Balaban J connectivity index is 1.65. The first-order chi connectivity index (χ1) is 9.31. The fourth-order valence-electron chi connectivity index (χ4n) is 2.47. The molecule has 1 aliphatic carbocycles. The average Bonchev–Trinajstić information content (AvgIpc) is 2.89. The summed E-state index contributed by atoms with van der Waals surface area (Å²) in [7, 11) is 0. The summed E-state index contributed by atoms with van der Waals surface area (Å²) >= 11 is -0.0463. The molecule has 0 radical (unpaired) electrons. The van der Waals surface area contributed by atoms with Gasteiger partial charge in [0.1, 0.15) is 0 Å². The third-order valence-corrected chi connectivity index (χ3v) is 7.07. The molecule has 2 aromatic rings. The van der Waals surface area contributed by atoms with Gasteiger partial charge in [0, 0.05) is 0 Å². The van der Waals surface area contributed by atoms with Crippen LogP contribution in [-0.2, 0) is 0 Å². The van der Waals surface area contributed by atoms with Crippen LogP contribution in [0, 0.1) is 6.92 Å². The molecule has 1 heteroatoms. The standard InChI is InChI=1S/C18H18Te/c1-14-7-9-15(10-8-14)16-11-12-18(13-16)19-17-5-3-2-4-6-17/h2-11,18H,12-13H2,1H3. The molecule has 19 heavy (non-hydrogen) atoms. The number of hydrogen-bond donors (Lipinski definition) is 0. The van der Waals surface area contributed by atoms with Crippen molar-refractivity contribution in [2.45, 2.75) is 23.7 Å². The summed E-state index contributed by atoms with van der Waals surface area (Å²) in [5, 5.41) is 0. The van der Waals surface area contributed by atoms with E-state index in [0.29, 0.717) is 0 Å². The molecule has 96 valence electrons. The summed E-state index contributed by atoms with van der Waals surface area (Å²) in [6.07, 6.45) is 5.02. The minimum absolute atomic E-state index is 0.0463. The summed E-state index contributed by atoms with van der Waals surface area (Å²) in [5.74, 6) is 0. The third kappa shape index (κ3) is 3.30. The quantitative estimate of drug-likeness (QED) is 0.725. The van der Waals surface area contributed by atoms with E-state index in [2.05, 4.69) is 67.6 Å². The van der Waals surface area contributed by atoms with Crippen LogP contribution < -0.4 is 3.61 Å². The second kappa shape index (κ2) is 5.95. The Morgan fingerprint density at radius 2 is 1.68 bits per heavy atom. The van der Waals surface area contributed by atoms with Crippen molar-refractivity contribution in [1.29, 1.82) is 0 Å². The summed E-state index contributed by atoms with van der Waals surface area (Å²) in [6, 6.07) is 20.0. The van der Waals surface area contributed by atoms with Gasteiger partial charge < -0.3 is 0 Å². The molecule has 0 fully saturated rings. The van der Waals surface area contributed by atoms with E-state index >= 15 is 0 Å². The molecule has 0 bridgehead atoms. The van der Waals surface area contributed by atoms with Gasteiger partial charge in [0.15, 0.2) is 0 Å². The molecular weight excluding hydrogens is 344 g/mol. The molecule has 0 aliphatic heterocycles. The van der Waals surface area contributed by atoms with E-state index in [1.54, 1.807) is 9.18 Å². The summed E-state index contributed by atoms with van der Waals surface area (Å²) < 4.78 is 2.50. The molecule has 0 spiro atoms. The first kappa shape index (κ1) is 13.0. The van der Waals surface area contributed by atoms with E-state index in [1.807, 2.05) is 0 Å². The van der Waals surface area contributed by atoms with Crippen LogP contribution in [0.3, 0.4) is 0 Å². The van der Waals surface area contributed by atoms with Crippen molar-refractivity contribution >= 4 is 30.1 Å². The molecule has 3 rings (SSSR count). The van der Waals surface area contributed by atoms with Crippen LogP contribution in [0.5, 0.6) is 0 Å². The summed E-state index contributed by atoms with van der Waals surface area (Å²) in [6.45, 7) is 2.15. The van der Waals surface area contributed by atoms with Gasteiger partial charge in [-0.25, -0.2) is 0 Å². The zero-order valence-electron chi connectivity index (χ0n) is 11.2. The number of rotatable bonds is 3. The van der Waals surface area contributed by atoms with Crippen molar-refractivity contribution in [2.75, 3.05) is 0 Å².